The number of nitrogens with zero attached hydrogens (tertiary/aromatic N) is 3. The van der Waals surface area contributed by atoms with E-state index in [1.165, 1.54) is 16.7 Å². The van der Waals surface area contributed by atoms with Crippen molar-refractivity contribution >= 4 is 5.95 Å². The normalized spacial score (nSPS) is 22.3. The molecule has 0 spiro atoms. The summed E-state index contributed by atoms with van der Waals surface area (Å²) in [5.41, 5.74) is 9.79. The van der Waals surface area contributed by atoms with Gasteiger partial charge in [-0.15, -0.1) is 5.10 Å². The molecule has 0 amide bonds. The van der Waals surface area contributed by atoms with Crippen molar-refractivity contribution in [2.75, 3.05) is 5.73 Å². The van der Waals surface area contributed by atoms with Gasteiger partial charge in [0.15, 0.2) is 0 Å². The highest BCUT2D eigenvalue weighted by atomic mass is 15.4. The minimum atomic E-state index is 0.392. The molecule has 2 heterocycles. The Morgan fingerprint density at radius 1 is 1.26 bits per heavy atom. The van der Waals surface area contributed by atoms with E-state index in [0.29, 0.717) is 17.8 Å². The lowest BCUT2D eigenvalue weighted by molar-refractivity contribution is 0.330. The molecule has 0 saturated carbocycles. The average Bonchev–Trinajstić information content (AvgIpc) is 2.71. The second kappa shape index (κ2) is 4.37. The van der Waals surface area contributed by atoms with E-state index in [2.05, 4.69) is 49.1 Å². The van der Waals surface area contributed by atoms with Gasteiger partial charge >= 0.3 is 0 Å². The van der Waals surface area contributed by atoms with Crippen LogP contribution in [0.4, 0.5) is 5.95 Å². The van der Waals surface area contributed by atoms with E-state index in [1.54, 1.807) is 0 Å². The predicted molar refractivity (Wildman–Crippen MR) is 76.0 cm³/mol. The van der Waals surface area contributed by atoms with Crippen molar-refractivity contribution in [3.05, 3.63) is 40.7 Å². The fraction of sp³-hybridized carbons (Fsp3) is 0.467. The number of rotatable bonds is 1. The molecule has 0 aliphatic carbocycles. The molecule has 1 aromatic heterocycles. The Morgan fingerprint density at radius 2 is 2.05 bits per heavy atom. The summed E-state index contributed by atoms with van der Waals surface area (Å²) < 4.78 is 1.97. The van der Waals surface area contributed by atoms with Crippen LogP contribution in [-0.2, 0) is 13.0 Å². The van der Waals surface area contributed by atoms with Gasteiger partial charge in [-0.2, -0.15) is 4.98 Å². The second-order valence-corrected chi connectivity index (χ2v) is 5.70. The molecule has 0 bridgehead atoms. The largest absolute Gasteiger partial charge is 0.366 e. The number of nitrogens with two attached hydrogens (primary N) is 1. The summed E-state index contributed by atoms with van der Waals surface area (Å²) >= 11 is 0. The van der Waals surface area contributed by atoms with E-state index in [1.807, 2.05) is 4.68 Å². The van der Waals surface area contributed by atoms with E-state index >= 15 is 0 Å². The van der Waals surface area contributed by atoms with Gasteiger partial charge < -0.3 is 5.73 Å². The fourth-order valence-electron chi connectivity index (χ4n) is 2.92. The van der Waals surface area contributed by atoms with Gasteiger partial charge in [-0.1, -0.05) is 25.1 Å². The molecule has 19 heavy (non-hydrogen) atoms. The minimum Gasteiger partial charge on any atom is -0.366 e. The second-order valence-electron chi connectivity index (χ2n) is 5.70. The van der Waals surface area contributed by atoms with Crippen LogP contribution in [0.25, 0.3) is 0 Å². The highest BCUT2D eigenvalue weighted by Crippen LogP contribution is 2.33. The number of aryl methyl sites for hydroxylation is 2. The first-order valence-corrected chi connectivity index (χ1v) is 6.81. The van der Waals surface area contributed by atoms with Crippen LogP contribution in [0.5, 0.6) is 0 Å². The Kier molecular flexibility index (Phi) is 2.81. The topological polar surface area (TPSA) is 56.7 Å². The van der Waals surface area contributed by atoms with Crippen LogP contribution in [0.15, 0.2) is 18.2 Å². The lowest BCUT2D eigenvalue weighted by Crippen LogP contribution is -2.27. The number of nitrogen functional groups attached to an aromatic ring is 1. The van der Waals surface area contributed by atoms with Crippen molar-refractivity contribution in [2.45, 2.75) is 39.7 Å². The van der Waals surface area contributed by atoms with E-state index in [0.717, 1.165) is 18.8 Å². The molecular formula is C15H20N4. The van der Waals surface area contributed by atoms with Gasteiger partial charge in [0.1, 0.15) is 5.82 Å². The van der Waals surface area contributed by atoms with Gasteiger partial charge in [-0.25, -0.2) is 4.68 Å². The van der Waals surface area contributed by atoms with E-state index in [4.69, 9.17) is 5.73 Å². The van der Waals surface area contributed by atoms with Crippen molar-refractivity contribution in [3.63, 3.8) is 0 Å². The minimum absolute atomic E-state index is 0.392. The van der Waals surface area contributed by atoms with Crippen LogP contribution in [0.1, 0.15) is 35.4 Å². The van der Waals surface area contributed by atoms with Crippen molar-refractivity contribution in [3.8, 4) is 0 Å². The molecule has 4 nitrogen and oxygen atoms in total. The summed E-state index contributed by atoms with van der Waals surface area (Å²) in [6.45, 7) is 7.49. The molecule has 4 heteroatoms. The van der Waals surface area contributed by atoms with Crippen molar-refractivity contribution in [1.82, 2.24) is 14.8 Å². The van der Waals surface area contributed by atoms with Gasteiger partial charge in [0.05, 0.1) is 6.54 Å². The third-order valence-electron chi connectivity index (χ3n) is 4.28. The average molecular weight is 256 g/mol. The molecule has 1 aliphatic heterocycles. The molecular weight excluding hydrogens is 236 g/mol. The third kappa shape index (κ3) is 2.11. The summed E-state index contributed by atoms with van der Waals surface area (Å²) in [4.78, 5) is 4.29. The summed E-state index contributed by atoms with van der Waals surface area (Å²) in [6.07, 6.45) is 0.946. The van der Waals surface area contributed by atoms with Crippen LogP contribution in [0, 0.1) is 19.8 Å². The van der Waals surface area contributed by atoms with Crippen LogP contribution in [0.3, 0.4) is 0 Å². The molecule has 100 valence electrons. The molecule has 0 saturated heterocycles. The molecule has 0 radical (unpaired) electrons. The van der Waals surface area contributed by atoms with Crippen molar-refractivity contribution in [2.24, 2.45) is 5.92 Å². The zero-order valence-corrected chi connectivity index (χ0v) is 11.7. The standard InChI is InChI=1S/C15H20N4/c1-9-4-5-12(6-10(9)2)13-8-19-14(7-11(13)3)17-15(16)18-19/h4-6,11,13H,7-8H2,1-3H3,(H2,16,18). The highest BCUT2D eigenvalue weighted by Gasteiger charge is 2.28. The van der Waals surface area contributed by atoms with Crippen molar-refractivity contribution in [1.29, 1.82) is 0 Å². The third-order valence-corrected chi connectivity index (χ3v) is 4.28. The molecule has 2 atom stereocenters. The summed E-state index contributed by atoms with van der Waals surface area (Å²) in [5, 5.41) is 4.28. The summed E-state index contributed by atoms with van der Waals surface area (Å²) in [5.74, 6) is 2.47. The number of hydrogen-bond donors (Lipinski definition) is 1. The van der Waals surface area contributed by atoms with Crippen LogP contribution < -0.4 is 5.73 Å². The first-order chi connectivity index (χ1) is 9.04. The molecule has 0 fully saturated rings. The quantitative estimate of drug-likeness (QED) is 0.852. The molecule has 2 N–H and O–H groups in total. The van der Waals surface area contributed by atoms with Gasteiger partial charge in [0.25, 0.3) is 0 Å². The number of anilines is 1. The van der Waals surface area contributed by atoms with Crippen LogP contribution in [0.2, 0.25) is 0 Å². The maximum Gasteiger partial charge on any atom is 0.239 e. The first kappa shape index (κ1) is 12.2. The highest BCUT2D eigenvalue weighted by molar-refractivity contribution is 5.33. The van der Waals surface area contributed by atoms with Gasteiger partial charge in [-0.3, -0.25) is 0 Å². The van der Waals surface area contributed by atoms with Crippen LogP contribution in [-0.4, -0.2) is 14.8 Å². The Labute approximate surface area is 113 Å². The number of fused-ring (bicyclic) bond motifs is 1. The zero-order valence-electron chi connectivity index (χ0n) is 11.7. The predicted octanol–water partition coefficient (Wildman–Crippen LogP) is 2.45. The molecule has 2 unspecified atom stereocenters. The molecule has 1 aliphatic rings. The first-order valence-electron chi connectivity index (χ1n) is 6.81. The fourth-order valence-corrected chi connectivity index (χ4v) is 2.92. The molecule has 1 aromatic carbocycles. The maximum atomic E-state index is 5.69. The van der Waals surface area contributed by atoms with Gasteiger partial charge in [0.2, 0.25) is 5.95 Å². The van der Waals surface area contributed by atoms with Gasteiger partial charge in [-0.05, 0) is 36.5 Å². The summed E-state index contributed by atoms with van der Waals surface area (Å²) in [6, 6.07) is 6.76. The Morgan fingerprint density at radius 3 is 2.79 bits per heavy atom. The van der Waals surface area contributed by atoms with Gasteiger partial charge in [0, 0.05) is 12.3 Å². The molecule has 3 rings (SSSR count). The monoisotopic (exact) mass is 256 g/mol. The smallest absolute Gasteiger partial charge is 0.239 e. The lowest BCUT2D eigenvalue weighted by atomic mass is 9.82. The number of aromatic nitrogens is 3. The molecule has 2 aromatic rings. The lowest BCUT2D eigenvalue weighted by Gasteiger charge is -2.29. The summed E-state index contributed by atoms with van der Waals surface area (Å²) in [7, 11) is 0. The van der Waals surface area contributed by atoms with E-state index in [9.17, 15) is 0 Å². The Balaban J connectivity index is 1.95. The SMILES string of the molecule is Cc1ccc(C2Cn3nc(N)nc3CC2C)cc1C. The van der Waals surface area contributed by atoms with Crippen molar-refractivity contribution < 1.29 is 0 Å². The maximum absolute atomic E-state index is 5.69. The van der Waals surface area contributed by atoms with Crippen LogP contribution >= 0.6 is 0 Å². The number of benzene rings is 1. The Hall–Kier alpha value is -1.84. The zero-order chi connectivity index (χ0) is 13.6. The Bertz CT molecular complexity index is 615. The van der Waals surface area contributed by atoms with E-state index in [-0.39, 0.29) is 0 Å². The number of hydrogen-bond acceptors (Lipinski definition) is 3. The van der Waals surface area contributed by atoms with E-state index < -0.39 is 0 Å².